The lowest BCUT2D eigenvalue weighted by molar-refractivity contribution is -0.125. The van der Waals surface area contributed by atoms with Gasteiger partial charge in [-0.1, -0.05) is 165 Å². The van der Waals surface area contributed by atoms with Crippen molar-refractivity contribution in [3.05, 3.63) is 48.6 Å². The molecule has 1 aromatic carbocycles. The fourth-order valence-electron chi connectivity index (χ4n) is 5.58. The summed E-state index contributed by atoms with van der Waals surface area (Å²) in [6.45, 7) is 6.73. The highest BCUT2D eigenvalue weighted by atomic mass is 16.2. The Balaban J connectivity index is 2.13. The molecule has 0 unspecified atom stereocenters. The molecule has 246 valence electrons. The molecule has 0 saturated carbocycles. The van der Waals surface area contributed by atoms with E-state index in [4.69, 9.17) is 0 Å². The molecule has 0 fully saturated rings. The molecule has 1 aromatic rings. The Morgan fingerprint density at radius 3 is 1.70 bits per heavy atom. The number of hydrogen-bond donors (Lipinski definition) is 3. The molecule has 3 N–H and O–H groups in total. The first kappa shape index (κ1) is 38.9. The summed E-state index contributed by atoms with van der Waals surface area (Å²) < 4.78 is 0. The summed E-state index contributed by atoms with van der Waals surface area (Å²) in [5.74, 6) is -0.0973. The average molecular weight is 598 g/mol. The molecular weight excluding hydrogens is 530 g/mol. The Hall–Kier alpha value is -2.14. The van der Waals surface area contributed by atoms with Crippen LogP contribution in [0.1, 0.15) is 167 Å². The van der Waals surface area contributed by atoms with Crippen LogP contribution in [0.25, 0.3) is 0 Å². The first-order valence-corrected chi connectivity index (χ1v) is 18.1. The Labute approximate surface area is 265 Å². The van der Waals surface area contributed by atoms with Crippen LogP contribution in [0.3, 0.4) is 0 Å². The van der Waals surface area contributed by atoms with Crippen molar-refractivity contribution >= 4 is 11.8 Å². The molecule has 0 aliphatic rings. The fourth-order valence-corrected chi connectivity index (χ4v) is 5.58. The van der Waals surface area contributed by atoms with E-state index in [1.54, 1.807) is 0 Å². The Morgan fingerprint density at radius 2 is 1.16 bits per heavy atom. The first-order valence-electron chi connectivity index (χ1n) is 18.1. The van der Waals surface area contributed by atoms with E-state index >= 15 is 0 Å². The van der Waals surface area contributed by atoms with Crippen molar-refractivity contribution in [2.24, 2.45) is 0 Å². The third-order valence-corrected chi connectivity index (χ3v) is 8.38. The lowest BCUT2D eigenvalue weighted by Crippen LogP contribution is -2.53. The van der Waals surface area contributed by atoms with Crippen molar-refractivity contribution in [1.82, 2.24) is 16.2 Å². The molecule has 0 bridgehead atoms. The number of nitrogens with one attached hydrogen (secondary N) is 3. The van der Waals surface area contributed by atoms with Gasteiger partial charge in [-0.25, -0.2) is 5.43 Å². The van der Waals surface area contributed by atoms with Crippen molar-refractivity contribution in [3.8, 4) is 0 Å². The summed E-state index contributed by atoms with van der Waals surface area (Å²) in [5, 5.41) is 3.10. The molecule has 1 atom stereocenters. The predicted octanol–water partition coefficient (Wildman–Crippen LogP) is 9.90. The highest BCUT2D eigenvalue weighted by Crippen LogP contribution is 2.14. The van der Waals surface area contributed by atoms with Crippen LogP contribution < -0.4 is 16.2 Å². The molecule has 5 nitrogen and oxygen atoms in total. The second-order valence-electron chi connectivity index (χ2n) is 12.5. The quantitative estimate of drug-likeness (QED) is 0.0453. The van der Waals surface area contributed by atoms with Gasteiger partial charge in [-0.3, -0.25) is 15.0 Å². The lowest BCUT2D eigenvalue weighted by Gasteiger charge is -2.19. The molecule has 0 heterocycles. The minimum absolute atomic E-state index is 0.0460. The second kappa shape index (κ2) is 29.9. The molecule has 0 saturated heterocycles. The molecule has 2 amide bonds. The number of carbonyl (C=O) groups excluding carboxylic acids is 2. The Bertz CT molecular complexity index is 783. The summed E-state index contributed by atoms with van der Waals surface area (Å²) in [5.41, 5.74) is 6.90. The Kier molecular flexibility index (Phi) is 27.0. The highest BCUT2D eigenvalue weighted by molar-refractivity contribution is 5.83. The standard InChI is InChI=1S/C38H67N3O2/c1-3-5-7-9-11-13-14-15-16-17-18-19-20-22-24-29-33-39-38(43)36(34-35-30-26-25-27-31-35)40-41-37(42)32-28-23-21-12-10-8-6-4-2/h4,25-27,30-31,36,40H,2-3,5-24,28-29,32-34H2,1H3,(H,39,43)(H,41,42)/t36-/m0/s1. The van der Waals surface area contributed by atoms with Gasteiger partial charge in [-0.15, -0.1) is 6.58 Å². The zero-order chi connectivity index (χ0) is 31.1. The number of carbonyl (C=O) groups is 2. The number of unbranched alkanes of at least 4 members (excludes halogenated alkanes) is 21. The lowest BCUT2D eigenvalue weighted by atomic mass is 10.0. The van der Waals surface area contributed by atoms with Crippen LogP contribution in [0.15, 0.2) is 43.0 Å². The maximum atomic E-state index is 13.0. The number of benzene rings is 1. The van der Waals surface area contributed by atoms with Crippen LogP contribution in [0.5, 0.6) is 0 Å². The van der Waals surface area contributed by atoms with E-state index in [2.05, 4.69) is 29.7 Å². The maximum absolute atomic E-state index is 13.0. The first-order chi connectivity index (χ1) is 21.2. The van der Waals surface area contributed by atoms with Crippen LogP contribution in [-0.2, 0) is 16.0 Å². The number of hydrazine groups is 1. The monoisotopic (exact) mass is 598 g/mol. The summed E-state index contributed by atoms with van der Waals surface area (Å²) in [4.78, 5) is 25.4. The van der Waals surface area contributed by atoms with Crippen molar-refractivity contribution in [1.29, 1.82) is 0 Å². The SMILES string of the molecule is C=CCCCCCCCCC(=O)NN[C@@H](Cc1ccccc1)C(=O)NCCCCCCCCCCCCCCCCCC. The molecule has 0 spiro atoms. The van der Waals surface area contributed by atoms with E-state index in [-0.39, 0.29) is 11.8 Å². The van der Waals surface area contributed by atoms with E-state index in [0.29, 0.717) is 19.4 Å². The van der Waals surface area contributed by atoms with Gasteiger partial charge in [0, 0.05) is 13.0 Å². The van der Waals surface area contributed by atoms with Crippen molar-refractivity contribution < 1.29 is 9.59 Å². The number of hydrogen-bond acceptors (Lipinski definition) is 3. The number of amides is 2. The topological polar surface area (TPSA) is 70.2 Å². The third-order valence-electron chi connectivity index (χ3n) is 8.38. The fraction of sp³-hybridized carbons (Fsp3) is 0.737. The largest absolute Gasteiger partial charge is 0.355 e. The van der Waals surface area contributed by atoms with Gasteiger partial charge in [0.1, 0.15) is 6.04 Å². The number of rotatable bonds is 31. The molecule has 0 aromatic heterocycles. The predicted molar refractivity (Wildman–Crippen MR) is 185 cm³/mol. The molecule has 0 aliphatic carbocycles. The van der Waals surface area contributed by atoms with Crippen LogP contribution >= 0.6 is 0 Å². The van der Waals surface area contributed by atoms with Gasteiger partial charge in [-0.05, 0) is 37.7 Å². The zero-order valence-electron chi connectivity index (χ0n) is 27.9. The van der Waals surface area contributed by atoms with E-state index in [9.17, 15) is 9.59 Å². The van der Waals surface area contributed by atoms with Gasteiger partial charge in [0.05, 0.1) is 0 Å². The van der Waals surface area contributed by atoms with Crippen LogP contribution in [0.4, 0.5) is 0 Å². The molecule has 5 heteroatoms. The van der Waals surface area contributed by atoms with Crippen molar-refractivity contribution in [2.45, 2.75) is 173 Å². The van der Waals surface area contributed by atoms with Crippen LogP contribution in [0.2, 0.25) is 0 Å². The summed E-state index contributed by atoms with van der Waals surface area (Å²) in [6.07, 6.45) is 32.3. The van der Waals surface area contributed by atoms with E-state index in [1.165, 1.54) is 109 Å². The average Bonchev–Trinajstić information content (AvgIpc) is 3.02. The normalized spacial score (nSPS) is 11.7. The van der Waals surface area contributed by atoms with Crippen molar-refractivity contribution in [3.63, 3.8) is 0 Å². The second-order valence-corrected chi connectivity index (χ2v) is 12.5. The summed E-state index contributed by atoms with van der Waals surface area (Å²) in [7, 11) is 0. The van der Waals surface area contributed by atoms with E-state index < -0.39 is 6.04 Å². The van der Waals surface area contributed by atoms with Gasteiger partial charge in [0.2, 0.25) is 11.8 Å². The molecule has 43 heavy (non-hydrogen) atoms. The van der Waals surface area contributed by atoms with Crippen LogP contribution in [-0.4, -0.2) is 24.4 Å². The van der Waals surface area contributed by atoms with Gasteiger partial charge >= 0.3 is 0 Å². The van der Waals surface area contributed by atoms with E-state index in [0.717, 1.165) is 44.1 Å². The smallest absolute Gasteiger partial charge is 0.239 e. The molecule has 1 rings (SSSR count). The van der Waals surface area contributed by atoms with Gasteiger partial charge < -0.3 is 5.32 Å². The summed E-state index contributed by atoms with van der Waals surface area (Å²) >= 11 is 0. The minimum atomic E-state index is -0.489. The zero-order valence-corrected chi connectivity index (χ0v) is 27.9. The minimum Gasteiger partial charge on any atom is -0.355 e. The molecule has 0 radical (unpaired) electrons. The van der Waals surface area contributed by atoms with Crippen molar-refractivity contribution in [2.75, 3.05) is 6.54 Å². The van der Waals surface area contributed by atoms with Crippen LogP contribution in [0, 0.1) is 0 Å². The molecular formula is C38H67N3O2. The van der Waals surface area contributed by atoms with E-state index in [1.807, 2.05) is 36.4 Å². The van der Waals surface area contributed by atoms with Gasteiger partial charge in [-0.2, -0.15) is 0 Å². The highest BCUT2D eigenvalue weighted by Gasteiger charge is 2.19. The summed E-state index contributed by atoms with van der Waals surface area (Å²) in [6, 6.07) is 9.50. The van der Waals surface area contributed by atoms with Gasteiger partial charge in [0.15, 0.2) is 0 Å². The number of allylic oxidation sites excluding steroid dienone is 1. The Morgan fingerprint density at radius 1 is 0.674 bits per heavy atom. The third kappa shape index (κ3) is 24.9. The molecule has 0 aliphatic heterocycles. The maximum Gasteiger partial charge on any atom is 0.239 e. The van der Waals surface area contributed by atoms with Gasteiger partial charge in [0.25, 0.3) is 0 Å².